The number of hydrogen-bond acceptors (Lipinski definition) is 5. The van der Waals surface area contributed by atoms with Crippen molar-refractivity contribution in [3.63, 3.8) is 0 Å². The fraction of sp³-hybridized carbons (Fsp3) is 0.556. The van der Waals surface area contributed by atoms with Crippen LogP contribution in [0.1, 0.15) is 44.7 Å². The van der Waals surface area contributed by atoms with Crippen LogP contribution in [0.3, 0.4) is 0 Å². The summed E-state index contributed by atoms with van der Waals surface area (Å²) < 4.78 is 16.4. The minimum atomic E-state index is -0.691. The zero-order valence-electron chi connectivity index (χ0n) is 14.2. The standard InChI is InChI=1S/C18H24O5/c1-5-6-16(19)21-10-18(11-22-18)14-8-7-13(4)9-15(14)23-17(20)12(2)3/h7-9,12H,5-6,10-11H2,1-4H3. The third kappa shape index (κ3) is 4.32. The summed E-state index contributed by atoms with van der Waals surface area (Å²) >= 11 is 0. The molecule has 1 aromatic rings. The Kier molecular flexibility index (Phi) is 5.42. The highest BCUT2D eigenvalue weighted by Gasteiger charge is 2.50. The molecule has 1 atom stereocenters. The van der Waals surface area contributed by atoms with Crippen molar-refractivity contribution in [2.24, 2.45) is 5.92 Å². The number of hydrogen-bond donors (Lipinski definition) is 0. The molecule has 0 saturated carbocycles. The molecule has 0 amide bonds. The van der Waals surface area contributed by atoms with E-state index in [-0.39, 0.29) is 24.5 Å². The second-order valence-corrected chi connectivity index (χ2v) is 6.27. The molecule has 0 aliphatic carbocycles. The van der Waals surface area contributed by atoms with Crippen molar-refractivity contribution in [1.29, 1.82) is 0 Å². The topological polar surface area (TPSA) is 65.1 Å². The van der Waals surface area contributed by atoms with Crippen molar-refractivity contribution < 1.29 is 23.8 Å². The number of esters is 2. The van der Waals surface area contributed by atoms with E-state index in [1.807, 2.05) is 32.0 Å². The van der Waals surface area contributed by atoms with Crippen LogP contribution in [0, 0.1) is 12.8 Å². The molecule has 126 valence electrons. The van der Waals surface area contributed by atoms with Crippen LogP contribution in [0.5, 0.6) is 5.75 Å². The van der Waals surface area contributed by atoms with Crippen molar-refractivity contribution in [3.05, 3.63) is 29.3 Å². The van der Waals surface area contributed by atoms with E-state index in [1.54, 1.807) is 13.8 Å². The Balaban J connectivity index is 2.18. The van der Waals surface area contributed by atoms with Gasteiger partial charge in [-0.1, -0.05) is 32.9 Å². The monoisotopic (exact) mass is 320 g/mol. The summed E-state index contributed by atoms with van der Waals surface area (Å²) in [4.78, 5) is 23.5. The Morgan fingerprint density at radius 2 is 2.04 bits per heavy atom. The summed E-state index contributed by atoms with van der Waals surface area (Å²) in [5.41, 5.74) is 1.05. The molecule has 0 bridgehead atoms. The first-order valence-corrected chi connectivity index (χ1v) is 8.00. The maximum absolute atomic E-state index is 11.9. The van der Waals surface area contributed by atoms with Crippen LogP contribution in [0.25, 0.3) is 0 Å². The molecule has 1 unspecified atom stereocenters. The van der Waals surface area contributed by atoms with Gasteiger partial charge >= 0.3 is 11.9 Å². The number of aryl methyl sites for hydroxylation is 1. The predicted molar refractivity (Wildman–Crippen MR) is 85.1 cm³/mol. The Morgan fingerprint density at radius 3 is 2.61 bits per heavy atom. The van der Waals surface area contributed by atoms with Gasteiger partial charge in [0.15, 0.2) is 5.60 Å². The quantitative estimate of drug-likeness (QED) is 0.439. The summed E-state index contributed by atoms with van der Waals surface area (Å²) in [6.07, 6.45) is 1.13. The predicted octanol–water partition coefficient (Wildman–Crippen LogP) is 3.13. The number of carbonyl (C=O) groups excluding carboxylic acids is 2. The van der Waals surface area contributed by atoms with E-state index in [0.29, 0.717) is 18.8 Å². The van der Waals surface area contributed by atoms with E-state index in [0.717, 1.165) is 17.5 Å². The maximum Gasteiger partial charge on any atom is 0.313 e. The van der Waals surface area contributed by atoms with E-state index < -0.39 is 5.60 Å². The molecule has 2 rings (SSSR count). The zero-order chi connectivity index (χ0) is 17.0. The van der Waals surface area contributed by atoms with Crippen LogP contribution in [0.4, 0.5) is 0 Å². The van der Waals surface area contributed by atoms with Crippen LogP contribution in [0.2, 0.25) is 0 Å². The van der Waals surface area contributed by atoms with E-state index >= 15 is 0 Å². The van der Waals surface area contributed by atoms with Gasteiger partial charge in [0.2, 0.25) is 0 Å². The number of carbonyl (C=O) groups is 2. The van der Waals surface area contributed by atoms with Crippen LogP contribution in [-0.2, 0) is 24.7 Å². The first kappa shape index (κ1) is 17.5. The number of benzene rings is 1. The molecule has 0 radical (unpaired) electrons. The van der Waals surface area contributed by atoms with Crippen molar-refractivity contribution in [2.75, 3.05) is 13.2 Å². The molecule has 0 N–H and O–H groups in total. The highest BCUT2D eigenvalue weighted by atomic mass is 16.6. The van der Waals surface area contributed by atoms with Gasteiger partial charge in [-0.15, -0.1) is 0 Å². The Bertz CT molecular complexity index is 587. The van der Waals surface area contributed by atoms with Crippen molar-refractivity contribution in [1.82, 2.24) is 0 Å². The minimum Gasteiger partial charge on any atom is -0.462 e. The lowest BCUT2D eigenvalue weighted by Gasteiger charge is -2.18. The maximum atomic E-state index is 11.9. The molecule has 1 aromatic carbocycles. The van der Waals surface area contributed by atoms with Crippen molar-refractivity contribution >= 4 is 11.9 Å². The lowest BCUT2D eigenvalue weighted by Crippen LogP contribution is -2.23. The van der Waals surface area contributed by atoms with E-state index in [4.69, 9.17) is 14.2 Å². The lowest BCUT2D eigenvalue weighted by molar-refractivity contribution is -0.146. The zero-order valence-corrected chi connectivity index (χ0v) is 14.2. The molecule has 1 saturated heterocycles. The van der Waals surface area contributed by atoms with E-state index in [2.05, 4.69) is 0 Å². The highest BCUT2D eigenvalue weighted by molar-refractivity contribution is 5.75. The minimum absolute atomic E-state index is 0.140. The van der Waals surface area contributed by atoms with Gasteiger partial charge in [0.05, 0.1) is 12.5 Å². The third-order valence-electron chi connectivity index (χ3n) is 3.72. The average molecular weight is 320 g/mol. The second kappa shape index (κ2) is 7.13. The largest absolute Gasteiger partial charge is 0.462 e. The molecule has 1 aliphatic rings. The lowest BCUT2D eigenvalue weighted by atomic mass is 9.98. The smallest absolute Gasteiger partial charge is 0.313 e. The second-order valence-electron chi connectivity index (χ2n) is 6.27. The molecule has 0 aromatic heterocycles. The van der Waals surface area contributed by atoms with Crippen molar-refractivity contribution in [3.8, 4) is 5.75 Å². The molecule has 5 nitrogen and oxygen atoms in total. The molecular weight excluding hydrogens is 296 g/mol. The summed E-state index contributed by atoms with van der Waals surface area (Å²) in [6, 6.07) is 5.62. The van der Waals surface area contributed by atoms with Gasteiger partial charge in [-0.25, -0.2) is 0 Å². The molecular formula is C18H24O5. The fourth-order valence-corrected chi connectivity index (χ4v) is 2.19. The molecule has 0 spiro atoms. The first-order valence-electron chi connectivity index (χ1n) is 8.00. The fourth-order valence-electron chi connectivity index (χ4n) is 2.19. The van der Waals surface area contributed by atoms with E-state index in [9.17, 15) is 9.59 Å². The Hall–Kier alpha value is -1.88. The molecule has 5 heteroatoms. The van der Waals surface area contributed by atoms with Crippen LogP contribution in [-0.4, -0.2) is 25.2 Å². The molecule has 1 aliphatic heterocycles. The first-order chi connectivity index (χ1) is 10.9. The summed E-state index contributed by atoms with van der Waals surface area (Å²) in [5.74, 6) is -0.277. The summed E-state index contributed by atoms with van der Waals surface area (Å²) in [5, 5.41) is 0. The Labute approximate surface area is 136 Å². The normalized spacial score (nSPS) is 19.5. The third-order valence-corrected chi connectivity index (χ3v) is 3.72. The Morgan fingerprint density at radius 1 is 1.35 bits per heavy atom. The van der Waals surface area contributed by atoms with Crippen LogP contribution < -0.4 is 4.74 Å². The number of epoxide rings is 1. The van der Waals surface area contributed by atoms with Crippen LogP contribution >= 0.6 is 0 Å². The van der Waals surface area contributed by atoms with Gasteiger partial charge < -0.3 is 14.2 Å². The highest BCUT2D eigenvalue weighted by Crippen LogP contribution is 2.44. The van der Waals surface area contributed by atoms with Crippen LogP contribution in [0.15, 0.2) is 18.2 Å². The van der Waals surface area contributed by atoms with Crippen molar-refractivity contribution in [2.45, 2.75) is 46.1 Å². The summed E-state index contributed by atoms with van der Waals surface area (Å²) in [7, 11) is 0. The van der Waals surface area contributed by atoms with Gasteiger partial charge in [0.1, 0.15) is 12.4 Å². The SMILES string of the molecule is CCCC(=O)OCC1(c2ccc(C)cc2OC(=O)C(C)C)CO1. The molecule has 1 fully saturated rings. The average Bonchev–Trinajstić information content (AvgIpc) is 3.26. The summed E-state index contributed by atoms with van der Waals surface area (Å²) in [6.45, 7) is 8.01. The van der Waals surface area contributed by atoms with Gasteiger partial charge in [-0.05, 0) is 25.0 Å². The van der Waals surface area contributed by atoms with E-state index in [1.165, 1.54) is 0 Å². The van der Waals surface area contributed by atoms with Gasteiger partial charge in [0, 0.05) is 12.0 Å². The molecule has 23 heavy (non-hydrogen) atoms. The number of ether oxygens (including phenoxy) is 3. The van der Waals surface area contributed by atoms with Gasteiger partial charge in [-0.3, -0.25) is 9.59 Å². The molecule has 1 heterocycles. The van der Waals surface area contributed by atoms with Gasteiger partial charge in [0.25, 0.3) is 0 Å². The number of rotatable bonds is 7. The van der Waals surface area contributed by atoms with Gasteiger partial charge in [-0.2, -0.15) is 0 Å².